The number of amides is 1. The maximum absolute atomic E-state index is 11.5. The number of aromatic carboxylic acids is 1. The van der Waals surface area contributed by atoms with E-state index in [2.05, 4.69) is 5.32 Å². The lowest BCUT2D eigenvalue weighted by atomic mass is 10.1. The molecule has 0 fully saturated rings. The molecule has 0 heterocycles. The Morgan fingerprint density at radius 2 is 2.06 bits per heavy atom. The van der Waals surface area contributed by atoms with Gasteiger partial charge in [0.05, 0.1) is 11.7 Å². The van der Waals surface area contributed by atoms with Gasteiger partial charge in [-0.25, -0.2) is 4.79 Å². The quantitative estimate of drug-likeness (QED) is 0.839. The number of rotatable bonds is 5. The van der Waals surface area contributed by atoms with Crippen molar-refractivity contribution in [1.29, 1.82) is 0 Å². The van der Waals surface area contributed by atoms with Crippen LogP contribution in [0.4, 0.5) is 5.69 Å². The van der Waals surface area contributed by atoms with Crippen molar-refractivity contribution in [3.8, 4) is 0 Å². The van der Waals surface area contributed by atoms with Gasteiger partial charge in [0, 0.05) is 5.69 Å². The third-order valence-electron chi connectivity index (χ3n) is 2.30. The van der Waals surface area contributed by atoms with E-state index in [1.165, 1.54) is 6.07 Å². The molecule has 0 bridgehead atoms. The smallest absolute Gasteiger partial charge is 0.336 e. The summed E-state index contributed by atoms with van der Waals surface area (Å²) in [7, 11) is 0. The lowest BCUT2D eigenvalue weighted by Gasteiger charge is -2.09. The number of anilines is 1. The molecule has 0 spiro atoms. The fraction of sp³-hybridized carbons (Fsp3) is 0.385. The van der Waals surface area contributed by atoms with Gasteiger partial charge in [0.25, 0.3) is 0 Å². The number of carboxylic acid groups (broad SMARTS) is 1. The summed E-state index contributed by atoms with van der Waals surface area (Å²) in [5.41, 5.74) is 1.28. The predicted molar refractivity (Wildman–Crippen MR) is 67.9 cm³/mol. The minimum atomic E-state index is -1.01. The summed E-state index contributed by atoms with van der Waals surface area (Å²) in [5.74, 6) is -1.31. The van der Waals surface area contributed by atoms with Crippen LogP contribution in [0.1, 0.15) is 29.8 Å². The molecule has 0 aliphatic rings. The highest BCUT2D eigenvalue weighted by atomic mass is 16.5. The second kappa shape index (κ2) is 6.16. The van der Waals surface area contributed by atoms with Gasteiger partial charge in [-0.1, -0.05) is 6.07 Å². The van der Waals surface area contributed by atoms with Gasteiger partial charge in [-0.05, 0) is 38.5 Å². The Hall–Kier alpha value is -1.88. The van der Waals surface area contributed by atoms with Gasteiger partial charge >= 0.3 is 5.97 Å². The summed E-state index contributed by atoms with van der Waals surface area (Å²) in [5, 5.41) is 11.6. The number of ether oxygens (including phenoxy) is 1. The SMILES string of the molecule is Cc1ccc(NC(=O)COC(C)C)cc1C(=O)O. The molecule has 1 aromatic rings. The van der Waals surface area contributed by atoms with Crippen molar-refractivity contribution >= 4 is 17.6 Å². The number of hydrogen-bond acceptors (Lipinski definition) is 3. The zero-order valence-corrected chi connectivity index (χ0v) is 10.7. The molecular formula is C13H17NO4. The molecule has 0 unspecified atom stereocenters. The summed E-state index contributed by atoms with van der Waals surface area (Å²) in [4.78, 5) is 22.4. The standard InChI is InChI=1S/C13H17NO4/c1-8(2)18-7-12(15)14-10-5-4-9(3)11(6-10)13(16)17/h4-6,8H,7H2,1-3H3,(H,14,15)(H,16,17). The first-order valence-corrected chi connectivity index (χ1v) is 5.65. The van der Waals surface area contributed by atoms with E-state index in [4.69, 9.17) is 9.84 Å². The summed E-state index contributed by atoms with van der Waals surface area (Å²) < 4.78 is 5.15. The van der Waals surface area contributed by atoms with Gasteiger partial charge < -0.3 is 15.2 Å². The molecule has 1 rings (SSSR count). The minimum Gasteiger partial charge on any atom is -0.478 e. The van der Waals surface area contributed by atoms with E-state index in [1.54, 1.807) is 19.1 Å². The molecule has 2 N–H and O–H groups in total. The molecule has 18 heavy (non-hydrogen) atoms. The van der Waals surface area contributed by atoms with Gasteiger partial charge in [0.15, 0.2) is 0 Å². The van der Waals surface area contributed by atoms with E-state index in [9.17, 15) is 9.59 Å². The van der Waals surface area contributed by atoms with Gasteiger partial charge in [0.2, 0.25) is 5.91 Å². The number of benzene rings is 1. The Labute approximate surface area is 106 Å². The second-order valence-corrected chi connectivity index (χ2v) is 4.24. The number of carbonyl (C=O) groups is 2. The predicted octanol–water partition coefficient (Wildman–Crippen LogP) is 2.06. The molecule has 0 atom stereocenters. The summed E-state index contributed by atoms with van der Waals surface area (Å²) in [6, 6.07) is 4.75. The number of nitrogens with one attached hydrogen (secondary N) is 1. The van der Waals surface area contributed by atoms with Crippen molar-refractivity contribution in [2.75, 3.05) is 11.9 Å². The fourth-order valence-electron chi connectivity index (χ4n) is 1.37. The van der Waals surface area contributed by atoms with Crippen LogP contribution < -0.4 is 5.32 Å². The summed E-state index contributed by atoms with van der Waals surface area (Å²) in [6.07, 6.45) is -0.0247. The Kier molecular flexibility index (Phi) is 4.85. The topological polar surface area (TPSA) is 75.6 Å². The number of carbonyl (C=O) groups excluding carboxylic acids is 1. The van der Waals surface area contributed by atoms with Gasteiger partial charge in [-0.3, -0.25) is 4.79 Å². The van der Waals surface area contributed by atoms with E-state index < -0.39 is 5.97 Å². The third kappa shape index (κ3) is 4.18. The van der Waals surface area contributed by atoms with Crippen LogP contribution in [-0.4, -0.2) is 29.7 Å². The molecule has 0 saturated carbocycles. The zero-order chi connectivity index (χ0) is 13.7. The van der Waals surface area contributed by atoms with Crippen molar-refractivity contribution in [3.05, 3.63) is 29.3 Å². The van der Waals surface area contributed by atoms with Crippen LogP contribution in [0.3, 0.4) is 0 Å². The van der Waals surface area contributed by atoms with E-state index in [0.29, 0.717) is 11.3 Å². The van der Waals surface area contributed by atoms with Crippen molar-refractivity contribution in [2.24, 2.45) is 0 Å². The largest absolute Gasteiger partial charge is 0.478 e. The molecule has 0 saturated heterocycles. The molecule has 0 radical (unpaired) electrons. The second-order valence-electron chi connectivity index (χ2n) is 4.24. The highest BCUT2D eigenvalue weighted by Crippen LogP contribution is 2.15. The van der Waals surface area contributed by atoms with E-state index in [1.807, 2.05) is 13.8 Å². The molecule has 0 aliphatic heterocycles. The van der Waals surface area contributed by atoms with Crippen LogP contribution in [0.15, 0.2) is 18.2 Å². The molecule has 5 nitrogen and oxygen atoms in total. The van der Waals surface area contributed by atoms with Crippen LogP contribution in [0, 0.1) is 6.92 Å². The average Bonchev–Trinajstić information content (AvgIpc) is 2.28. The van der Waals surface area contributed by atoms with E-state index in [-0.39, 0.29) is 24.2 Å². The summed E-state index contributed by atoms with van der Waals surface area (Å²) in [6.45, 7) is 5.33. The lowest BCUT2D eigenvalue weighted by molar-refractivity contribution is -0.121. The molecule has 5 heteroatoms. The zero-order valence-electron chi connectivity index (χ0n) is 10.7. The first-order chi connectivity index (χ1) is 8.40. The van der Waals surface area contributed by atoms with Crippen molar-refractivity contribution in [3.63, 3.8) is 0 Å². The van der Waals surface area contributed by atoms with Crippen LogP contribution in [0.2, 0.25) is 0 Å². The Morgan fingerprint density at radius 3 is 2.61 bits per heavy atom. The number of hydrogen-bond donors (Lipinski definition) is 2. The highest BCUT2D eigenvalue weighted by molar-refractivity contribution is 5.95. The van der Waals surface area contributed by atoms with Crippen molar-refractivity contribution in [1.82, 2.24) is 0 Å². The van der Waals surface area contributed by atoms with Gasteiger partial charge in [0.1, 0.15) is 6.61 Å². The molecule has 1 amide bonds. The van der Waals surface area contributed by atoms with Gasteiger partial charge in [-0.2, -0.15) is 0 Å². The van der Waals surface area contributed by atoms with Crippen LogP contribution in [-0.2, 0) is 9.53 Å². The third-order valence-corrected chi connectivity index (χ3v) is 2.30. The van der Waals surface area contributed by atoms with E-state index >= 15 is 0 Å². The number of aryl methyl sites for hydroxylation is 1. The molecule has 0 aliphatic carbocycles. The summed E-state index contributed by atoms with van der Waals surface area (Å²) >= 11 is 0. The van der Waals surface area contributed by atoms with Crippen molar-refractivity contribution < 1.29 is 19.4 Å². The Balaban J connectivity index is 2.70. The highest BCUT2D eigenvalue weighted by Gasteiger charge is 2.09. The lowest BCUT2D eigenvalue weighted by Crippen LogP contribution is -2.20. The molecule has 0 aromatic heterocycles. The fourth-order valence-corrected chi connectivity index (χ4v) is 1.37. The first-order valence-electron chi connectivity index (χ1n) is 5.65. The van der Waals surface area contributed by atoms with Gasteiger partial charge in [-0.15, -0.1) is 0 Å². The van der Waals surface area contributed by atoms with Crippen LogP contribution in [0.25, 0.3) is 0 Å². The van der Waals surface area contributed by atoms with Crippen LogP contribution in [0.5, 0.6) is 0 Å². The monoisotopic (exact) mass is 251 g/mol. The number of carboxylic acids is 1. The normalized spacial score (nSPS) is 10.4. The first kappa shape index (κ1) is 14.2. The maximum Gasteiger partial charge on any atom is 0.336 e. The molecule has 98 valence electrons. The Bertz CT molecular complexity index is 454. The molecule has 1 aromatic carbocycles. The van der Waals surface area contributed by atoms with Crippen molar-refractivity contribution in [2.45, 2.75) is 26.9 Å². The maximum atomic E-state index is 11.5. The van der Waals surface area contributed by atoms with E-state index in [0.717, 1.165) is 0 Å². The minimum absolute atomic E-state index is 0.0247. The molecular weight excluding hydrogens is 234 g/mol. The Morgan fingerprint density at radius 1 is 1.39 bits per heavy atom. The average molecular weight is 251 g/mol. The van der Waals surface area contributed by atoms with Crippen LogP contribution >= 0.6 is 0 Å².